The molecule has 150 valence electrons. The largest absolute Gasteiger partial charge is 0.319 e. The lowest BCUT2D eigenvalue weighted by atomic mass is 10.1. The number of hydrogen-bond acceptors (Lipinski definition) is 3. The normalized spacial score (nSPS) is 10.8. The Morgan fingerprint density at radius 2 is 1.67 bits per heavy atom. The number of aromatic nitrogens is 3. The standard InChI is InChI=1S/C25H24N4O/c1-4-19-13-15-21(16-14-19)26-25(30)23-27-24(20-10-6-5-7-11-20)29(28-23)22-12-8-9-17(2)18(22)3/h5-16H,4H2,1-3H3,(H,26,30). The van der Waals surface area contributed by atoms with Crippen LogP contribution in [0, 0.1) is 13.8 Å². The van der Waals surface area contributed by atoms with Crippen LogP contribution >= 0.6 is 0 Å². The first kappa shape index (κ1) is 19.6. The van der Waals surface area contributed by atoms with E-state index in [1.165, 1.54) is 5.56 Å². The molecule has 0 aliphatic rings. The third kappa shape index (κ3) is 3.87. The molecule has 5 heteroatoms. The molecule has 0 fully saturated rings. The van der Waals surface area contributed by atoms with Crippen LogP contribution in [0.5, 0.6) is 0 Å². The highest BCUT2D eigenvalue weighted by molar-refractivity contribution is 6.01. The molecule has 5 nitrogen and oxygen atoms in total. The minimum atomic E-state index is -0.333. The first-order chi connectivity index (χ1) is 14.6. The molecule has 0 aliphatic heterocycles. The molecule has 30 heavy (non-hydrogen) atoms. The fourth-order valence-corrected chi connectivity index (χ4v) is 3.33. The molecule has 1 heterocycles. The van der Waals surface area contributed by atoms with E-state index in [9.17, 15) is 4.79 Å². The molecule has 0 atom stereocenters. The predicted octanol–water partition coefficient (Wildman–Crippen LogP) is 5.37. The third-order valence-electron chi connectivity index (χ3n) is 5.27. The van der Waals surface area contributed by atoms with Crippen molar-refractivity contribution < 1.29 is 4.79 Å². The Kier molecular flexibility index (Phi) is 5.44. The summed E-state index contributed by atoms with van der Waals surface area (Å²) in [5.41, 5.74) is 6.01. The second-order valence-electron chi connectivity index (χ2n) is 7.26. The molecule has 1 aromatic heterocycles. The van der Waals surface area contributed by atoms with E-state index in [1.807, 2.05) is 66.7 Å². The molecule has 0 bridgehead atoms. The Bertz CT molecular complexity index is 1180. The van der Waals surface area contributed by atoms with Crippen LogP contribution < -0.4 is 5.32 Å². The van der Waals surface area contributed by atoms with Crippen molar-refractivity contribution in [3.63, 3.8) is 0 Å². The van der Waals surface area contributed by atoms with Crippen molar-refractivity contribution in [2.45, 2.75) is 27.2 Å². The quantitative estimate of drug-likeness (QED) is 0.494. The molecular weight excluding hydrogens is 372 g/mol. The Hall–Kier alpha value is -3.73. The van der Waals surface area contributed by atoms with Gasteiger partial charge in [0.1, 0.15) is 0 Å². The van der Waals surface area contributed by atoms with Gasteiger partial charge in [-0.2, -0.15) is 0 Å². The number of aryl methyl sites for hydroxylation is 2. The Balaban J connectivity index is 1.75. The van der Waals surface area contributed by atoms with Crippen molar-refractivity contribution in [2.24, 2.45) is 0 Å². The van der Waals surface area contributed by atoms with Gasteiger partial charge in [-0.1, -0.05) is 61.5 Å². The van der Waals surface area contributed by atoms with Crippen molar-refractivity contribution in [1.82, 2.24) is 14.8 Å². The number of benzene rings is 3. The summed E-state index contributed by atoms with van der Waals surface area (Å²) in [7, 11) is 0. The number of amides is 1. The number of rotatable bonds is 5. The first-order valence-electron chi connectivity index (χ1n) is 10.1. The van der Waals surface area contributed by atoms with E-state index in [1.54, 1.807) is 4.68 Å². The van der Waals surface area contributed by atoms with E-state index in [2.05, 4.69) is 42.2 Å². The van der Waals surface area contributed by atoms with Gasteiger partial charge in [-0.15, -0.1) is 5.10 Å². The van der Waals surface area contributed by atoms with Crippen LogP contribution in [0.15, 0.2) is 72.8 Å². The van der Waals surface area contributed by atoms with Crippen LogP contribution in [0.4, 0.5) is 5.69 Å². The summed E-state index contributed by atoms with van der Waals surface area (Å²) < 4.78 is 1.76. The lowest BCUT2D eigenvalue weighted by Gasteiger charge is -2.10. The van der Waals surface area contributed by atoms with Gasteiger partial charge in [0, 0.05) is 11.3 Å². The van der Waals surface area contributed by atoms with Gasteiger partial charge in [0.05, 0.1) is 5.69 Å². The zero-order valence-corrected chi connectivity index (χ0v) is 17.4. The van der Waals surface area contributed by atoms with Gasteiger partial charge in [0.2, 0.25) is 5.82 Å². The second kappa shape index (κ2) is 8.33. The number of nitrogens with one attached hydrogen (secondary N) is 1. The smallest absolute Gasteiger partial charge is 0.295 e. The summed E-state index contributed by atoms with van der Waals surface area (Å²) in [4.78, 5) is 17.5. The summed E-state index contributed by atoms with van der Waals surface area (Å²) in [5.74, 6) is 0.436. The van der Waals surface area contributed by atoms with Crippen molar-refractivity contribution in [1.29, 1.82) is 0 Å². The number of nitrogens with zero attached hydrogens (tertiary/aromatic N) is 3. The van der Waals surface area contributed by atoms with E-state index >= 15 is 0 Å². The zero-order chi connectivity index (χ0) is 21.1. The van der Waals surface area contributed by atoms with Crippen molar-refractivity contribution in [3.05, 3.63) is 95.3 Å². The number of carbonyl (C=O) groups excluding carboxylic acids is 1. The summed E-state index contributed by atoms with van der Waals surface area (Å²) in [6.45, 7) is 6.21. The fraction of sp³-hybridized carbons (Fsp3) is 0.160. The molecule has 0 spiro atoms. The Morgan fingerprint density at radius 3 is 2.37 bits per heavy atom. The van der Waals surface area contributed by atoms with E-state index < -0.39 is 0 Å². The number of carbonyl (C=O) groups is 1. The molecular formula is C25H24N4O. The topological polar surface area (TPSA) is 59.8 Å². The minimum Gasteiger partial charge on any atom is -0.319 e. The summed E-state index contributed by atoms with van der Waals surface area (Å²) in [6, 6.07) is 23.7. The first-order valence-corrected chi connectivity index (χ1v) is 10.1. The Labute approximate surface area is 176 Å². The lowest BCUT2D eigenvalue weighted by molar-refractivity contribution is 0.101. The van der Waals surface area contributed by atoms with Crippen LogP contribution in [0.3, 0.4) is 0 Å². The van der Waals surface area contributed by atoms with E-state index in [0.29, 0.717) is 5.82 Å². The molecule has 0 saturated heterocycles. The highest BCUT2D eigenvalue weighted by atomic mass is 16.2. The third-order valence-corrected chi connectivity index (χ3v) is 5.27. The fourth-order valence-electron chi connectivity index (χ4n) is 3.33. The van der Waals surface area contributed by atoms with Crippen LogP contribution in [-0.2, 0) is 6.42 Å². The molecule has 1 amide bonds. The van der Waals surface area contributed by atoms with Crippen LogP contribution in [0.2, 0.25) is 0 Å². The van der Waals surface area contributed by atoms with Gasteiger partial charge >= 0.3 is 0 Å². The number of hydrogen-bond donors (Lipinski definition) is 1. The van der Waals surface area contributed by atoms with Gasteiger partial charge in [-0.3, -0.25) is 4.79 Å². The van der Waals surface area contributed by atoms with Crippen LogP contribution in [0.1, 0.15) is 34.2 Å². The summed E-state index contributed by atoms with van der Waals surface area (Å²) in [5, 5.41) is 7.48. The summed E-state index contributed by atoms with van der Waals surface area (Å²) in [6.07, 6.45) is 0.955. The van der Waals surface area contributed by atoms with Crippen LogP contribution in [0.25, 0.3) is 17.1 Å². The van der Waals surface area contributed by atoms with Gasteiger partial charge < -0.3 is 5.32 Å². The Morgan fingerprint density at radius 1 is 0.933 bits per heavy atom. The highest BCUT2D eigenvalue weighted by Crippen LogP contribution is 2.25. The van der Waals surface area contributed by atoms with Gasteiger partial charge in [-0.25, -0.2) is 9.67 Å². The van der Waals surface area contributed by atoms with Crippen molar-refractivity contribution in [2.75, 3.05) is 5.32 Å². The molecule has 1 N–H and O–H groups in total. The van der Waals surface area contributed by atoms with Gasteiger partial charge in [0.15, 0.2) is 5.82 Å². The maximum Gasteiger partial charge on any atom is 0.295 e. The monoisotopic (exact) mass is 396 g/mol. The van der Waals surface area contributed by atoms with Gasteiger partial charge in [-0.05, 0) is 55.2 Å². The highest BCUT2D eigenvalue weighted by Gasteiger charge is 2.20. The molecule has 4 rings (SSSR count). The number of anilines is 1. The van der Waals surface area contributed by atoms with Crippen LogP contribution in [-0.4, -0.2) is 20.7 Å². The minimum absolute atomic E-state index is 0.134. The molecule has 0 saturated carbocycles. The summed E-state index contributed by atoms with van der Waals surface area (Å²) >= 11 is 0. The molecule has 0 radical (unpaired) electrons. The average molecular weight is 396 g/mol. The van der Waals surface area contributed by atoms with E-state index in [-0.39, 0.29) is 11.7 Å². The predicted molar refractivity (Wildman–Crippen MR) is 120 cm³/mol. The maximum atomic E-state index is 12.9. The van der Waals surface area contributed by atoms with Crippen molar-refractivity contribution in [3.8, 4) is 17.1 Å². The lowest BCUT2D eigenvalue weighted by Crippen LogP contribution is -2.14. The maximum absolute atomic E-state index is 12.9. The molecule has 0 aliphatic carbocycles. The van der Waals surface area contributed by atoms with Crippen molar-refractivity contribution >= 4 is 11.6 Å². The van der Waals surface area contributed by atoms with E-state index in [4.69, 9.17) is 0 Å². The zero-order valence-electron chi connectivity index (χ0n) is 17.4. The van der Waals surface area contributed by atoms with E-state index in [0.717, 1.165) is 34.5 Å². The second-order valence-corrected chi connectivity index (χ2v) is 7.26. The average Bonchev–Trinajstić information content (AvgIpc) is 3.22. The molecule has 3 aromatic carbocycles. The SMILES string of the molecule is CCc1ccc(NC(=O)c2nc(-c3ccccc3)n(-c3cccc(C)c3C)n2)cc1. The molecule has 4 aromatic rings. The molecule has 0 unspecified atom stereocenters. The van der Waals surface area contributed by atoms with Gasteiger partial charge in [0.25, 0.3) is 5.91 Å².